The van der Waals surface area contributed by atoms with E-state index in [0.29, 0.717) is 5.15 Å². The van der Waals surface area contributed by atoms with E-state index in [4.69, 9.17) is 11.6 Å². The summed E-state index contributed by atoms with van der Waals surface area (Å²) in [6.45, 7) is 0. The van der Waals surface area contributed by atoms with E-state index in [2.05, 4.69) is 38.3 Å². The predicted molar refractivity (Wildman–Crippen MR) is 70.7 cm³/mol. The SMILES string of the molecule is Clc1ccc(CSc2ccc(Br)cc2)nn1. The Morgan fingerprint density at radius 2 is 1.81 bits per heavy atom. The summed E-state index contributed by atoms with van der Waals surface area (Å²) in [5.74, 6) is 0.797. The van der Waals surface area contributed by atoms with Gasteiger partial charge in [0.2, 0.25) is 0 Å². The standard InChI is InChI=1S/C11H8BrClN2S/c12-8-1-4-10(5-2-8)16-7-9-3-6-11(13)15-14-9/h1-6H,7H2. The molecule has 0 bridgehead atoms. The maximum Gasteiger partial charge on any atom is 0.151 e. The van der Waals surface area contributed by atoms with Gasteiger partial charge in [-0.1, -0.05) is 27.5 Å². The second-order valence-corrected chi connectivity index (χ2v) is 5.44. The van der Waals surface area contributed by atoms with Gasteiger partial charge in [0.15, 0.2) is 5.15 Å². The second-order valence-electron chi connectivity index (χ2n) is 3.09. The molecule has 0 saturated heterocycles. The van der Waals surface area contributed by atoms with Gasteiger partial charge in [0.25, 0.3) is 0 Å². The number of rotatable bonds is 3. The molecule has 1 heterocycles. The summed E-state index contributed by atoms with van der Waals surface area (Å²) in [5, 5.41) is 8.23. The molecule has 0 aliphatic carbocycles. The molecule has 0 unspecified atom stereocenters. The zero-order valence-corrected chi connectivity index (χ0v) is 11.4. The first-order valence-electron chi connectivity index (χ1n) is 4.60. The highest BCUT2D eigenvalue weighted by molar-refractivity contribution is 9.10. The molecular formula is C11H8BrClN2S. The van der Waals surface area contributed by atoms with Crippen LogP contribution in [-0.2, 0) is 5.75 Å². The van der Waals surface area contributed by atoms with Gasteiger partial charge in [-0.25, -0.2) is 0 Å². The zero-order chi connectivity index (χ0) is 11.4. The molecule has 82 valence electrons. The molecule has 0 radical (unpaired) electrons. The van der Waals surface area contributed by atoms with E-state index in [1.54, 1.807) is 17.8 Å². The summed E-state index contributed by atoms with van der Waals surface area (Å²) in [5.41, 5.74) is 0.928. The van der Waals surface area contributed by atoms with Gasteiger partial charge in [-0.2, -0.15) is 5.10 Å². The van der Waals surface area contributed by atoms with Crippen molar-refractivity contribution in [3.05, 3.63) is 51.7 Å². The molecule has 2 aromatic rings. The predicted octanol–water partition coefficient (Wildman–Crippen LogP) is 4.18. The lowest BCUT2D eigenvalue weighted by atomic mass is 10.4. The van der Waals surface area contributed by atoms with E-state index >= 15 is 0 Å². The molecule has 0 saturated carbocycles. The number of aromatic nitrogens is 2. The number of halogens is 2. The molecule has 0 spiro atoms. The average Bonchev–Trinajstić information content (AvgIpc) is 2.30. The van der Waals surface area contributed by atoms with Crippen molar-refractivity contribution < 1.29 is 0 Å². The Kier molecular flexibility index (Phi) is 4.21. The largest absolute Gasteiger partial charge is 0.153 e. The van der Waals surface area contributed by atoms with E-state index in [1.165, 1.54) is 4.90 Å². The van der Waals surface area contributed by atoms with Crippen LogP contribution >= 0.6 is 39.3 Å². The fourth-order valence-corrected chi connectivity index (χ4v) is 2.27. The van der Waals surface area contributed by atoms with Crippen LogP contribution in [0.3, 0.4) is 0 Å². The molecule has 2 rings (SSSR count). The molecule has 5 heteroatoms. The first kappa shape index (κ1) is 11.9. The Morgan fingerprint density at radius 1 is 1.06 bits per heavy atom. The fourth-order valence-electron chi connectivity index (χ4n) is 1.11. The van der Waals surface area contributed by atoms with Gasteiger partial charge in [0, 0.05) is 15.1 Å². The minimum atomic E-state index is 0.428. The van der Waals surface area contributed by atoms with Crippen LogP contribution < -0.4 is 0 Å². The lowest BCUT2D eigenvalue weighted by molar-refractivity contribution is 0.972. The van der Waals surface area contributed by atoms with E-state index < -0.39 is 0 Å². The summed E-state index contributed by atoms with van der Waals surface area (Å²) < 4.78 is 1.09. The number of benzene rings is 1. The topological polar surface area (TPSA) is 25.8 Å². The monoisotopic (exact) mass is 314 g/mol. The Hall–Kier alpha value is -0.580. The van der Waals surface area contributed by atoms with Crippen molar-refractivity contribution in [1.29, 1.82) is 0 Å². The molecule has 2 nitrogen and oxygen atoms in total. The van der Waals surface area contributed by atoms with Crippen molar-refractivity contribution in [2.45, 2.75) is 10.6 Å². The Morgan fingerprint density at radius 3 is 2.44 bits per heavy atom. The second kappa shape index (κ2) is 5.66. The maximum absolute atomic E-state index is 5.66. The third kappa shape index (κ3) is 3.47. The molecule has 0 N–H and O–H groups in total. The molecule has 1 aromatic heterocycles. The van der Waals surface area contributed by atoms with Crippen LogP contribution in [0, 0.1) is 0 Å². The minimum absolute atomic E-state index is 0.428. The lowest BCUT2D eigenvalue weighted by Gasteiger charge is -2.00. The van der Waals surface area contributed by atoms with Crippen LogP contribution in [0.4, 0.5) is 0 Å². The van der Waals surface area contributed by atoms with Gasteiger partial charge in [0.1, 0.15) is 0 Å². The molecular weight excluding hydrogens is 308 g/mol. The molecule has 0 fully saturated rings. The van der Waals surface area contributed by atoms with Gasteiger partial charge in [0.05, 0.1) is 5.69 Å². The smallest absolute Gasteiger partial charge is 0.151 e. The minimum Gasteiger partial charge on any atom is -0.153 e. The van der Waals surface area contributed by atoms with Crippen LogP contribution in [-0.4, -0.2) is 10.2 Å². The molecule has 0 atom stereocenters. The van der Waals surface area contributed by atoms with Crippen LogP contribution in [0.25, 0.3) is 0 Å². The van der Waals surface area contributed by atoms with Crippen molar-refractivity contribution >= 4 is 39.3 Å². The van der Waals surface area contributed by atoms with Crippen LogP contribution in [0.15, 0.2) is 45.8 Å². The van der Waals surface area contributed by atoms with Crippen LogP contribution in [0.5, 0.6) is 0 Å². The zero-order valence-electron chi connectivity index (χ0n) is 8.23. The first-order chi connectivity index (χ1) is 7.74. The van der Waals surface area contributed by atoms with E-state index in [-0.39, 0.29) is 0 Å². The van der Waals surface area contributed by atoms with Crippen molar-refractivity contribution in [3.8, 4) is 0 Å². The summed E-state index contributed by atoms with van der Waals surface area (Å²) in [4.78, 5) is 1.21. The van der Waals surface area contributed by atoms with Gasteiger partial charge in [-0.15, -0.1) is 16.9 Å². The lowest BCUT2D eigenvalue weighted by Crippen LogP contribution is -1.89. The highest BCUT2D eigenvalue weighted by Crippen LogP contribution is 2.23. The summed E-state index contributed by atoms with van der Waals surface area (Å²) in [6.07, 6.45) is 0. The van der Waals surface area contributed by atoms with Gasteiger partial charge < -0.3 is 0 Å². The first-order valence-corrected chi connectivity index (χ1v) is 6.76. The van der Waals surface area contributed by atoms with Crippen molar-refractivity contribution in [1.82, 2.24) is 10.2 Å². The third-order valence-electron chi connectivity index (χ3n) is 1.89. The number of hydrogen-bond donors (Lipinski definition) is 0. The van der Waals surface area contributed by atoms with Gasteiger partial charge in [-0.05, 0) is 36.4 Å². The van der Waals surface area contributed by atoms with Gasteiger partial charge >= 0.3 is 0 Å². The van der Waals surface area contributed by atoms with Gasteiger partial charge in [-0.3, -0.25) is 0 Å². The molecule has 16 heavy (non-hydrogen) atoms. The molecule has 0 aliphatic heterocycles. The van der Waals surface area contributed by atoms with Crippen molar-refractivity contribution in [2.24, 2.45) is 0 Å². The Balaban J connectivity index is 1.97. The van der Waals surface area contributed by atoms with E-state index in [0.717, 1.165) is 15.9 Å². The van der Waals surface area contributed by atoms with E-state index in [9.17, 15) is 0 Å². The number of nitrogens with zero attached hydrogens (tertiary/aromatic N) is 2. The summed E-state index contributed by atoms with van der Waals surface area (Å²) in [7, 11) is 0. The number of hydrogen-bond acceptors (Lipinski definition) is 3. The van der Waals surface area contributed by atoms with Crippen LogP contribution in [0.1, 0.15) is 5.69 Å². The molecule has 0 aliphatic rings. The summed E-state index contributed by atoms with van der Waals surface area (Å²) >= 11 is 10.8. The number of thioether (sulfide) groups is 1. The Bertz CT molecular complexity index is 413. The highest BCUT2D eigenvalue weighted by Gasteiger charge is 1.98. The summed E-state index contributed by atoms with van der Waals surface area (Å²) in [6, 6.07) is 11.8. The maximum atomic E-state index is 5.66. The van der Waals surface area contributed by atoms with Crippen molar-refractivity contribution in [2.75, 3.05) is 0 Å². The normalized spacial score (nSPS) is 10.4. The van der Waals surface area contributed by atoms with Crippen LogP contribution in [0.2, 0.25) is 5.15 Å². The fraction of sp³-hybridized carbons (Fsp3) is 0.0909. The Labute approximate surface area is 112 Å². The molecule has 0 amide bonds. The van der Waals surface area contributed by atoms with Crippen molar-refractivity contribution in [3.63, 3.8) is 0 Å². The van der Waals surface area contributed by atoms with E-state index in [1.807, 2.05) is 18.2 Å². The highest BCUT2D eigenvalue weighted by atomic mass is 79.9. The average molecular weight is 316 g/mol. The molecule has 1 aromatic carbocycles. The quantitative estimate of drug-likeness (QED) is 0.794. The third-order valence-corrected chi connectivity index (χ3v) is 3.66.